The molecule has 0 rings (SSSR count). The largest absolute Gasteiger partial charge is 0.393 e. The molecule has 0 unspecified atom stereocenters. The van der Waals surface area contributed by atoms with E-state index in [1.165, 1.54) is 0 Å². The fourth-order valence-corrected chi connectivity index (χ4v) is 0.952. The van der Waals surface area contributed by atoms with Crippen LogP contribution in [0.3, 0.4) is 0 Å². The Morgan fingerprint density at radius 1 is 0.889 bits per heavy atom. The zero-order valence-electron chi connectivity index (χ0n) is 10.3. The summed E-state index contributed by atoms with van der Waals surface area (Å²) < 4.78 is 8.58. The Bertz CT molecular complexity index is 418. The van der Waals surface area contributed by atoms with E-state index >= 15 is 0 Å². The average molecular weight is 254 g/mol. The fourth-order valence-electron chi connectivity index (χ4n) is 0.952. The van der Waals surface area contributed by atoms with Gasteiger partial charge in [0.2, 0.25) is 0 Å². The monoisotopic (exact) mass is 254 g/mol. The van der Waals surface area contributed by atoms with Gasteiger partial charge in [0.25, 0.3) is 0 Å². The second-order valence-corrected chi connectivity index (χ2v) is 3.43. The number of hydrogen-bond acceptors (Lipinski definition) is 6. The van der Waals surface area contributed by atoms with Crippen LogP contribution >= 0.6 is 0 Å². The Morgan fingerprint density at radius 3 is 1.83 bits per heavy atom. The van der Waals surface area contributed by atoms with E-state index in [0.29, 0.717) is 0 Å². The summed E-state index contributed by atoms with van der Waals surface area (Å²) in [6.45, 7) is 9.12. The van der Waals surface area contributed by atoms with E-state index in [1.807, 2.05) is 0 Å². The minimum absolute atomic E-state index is 0.0813. The molecule has 0 saturated heterocycles. The molecule has 6 nitrogen and oxygen atoms in total. The molecular weight excluding hydrogens is 240 g/mol. The van der Waals surface area contributed by atoms with Crippen LogP contribution in [0.5, 0.6) is 0 Å². The van der Waals surface area contributed by atoms with Crippen molar-refractivity contribution < 1.29 is 28.7 Å². The summed E-state index contributed by atoms with van der Waals surface area (Å²) in [4.78, 5) is 43.3. The van der Waals surface area contributed by atoms with Crippen LogP contribution in [-0.4, -0.2) is 23.9 Å². The molecule has 0 radical (unpaired) electrons. The Hall–Kier alpha value is -2.24. The van der Waals surface area contributed by atoms with Gasteiger partial charge in [0.15, 0.2) is 0 Å². The molecule has 0 bridgehead atoms. The van der Waals surface area contributed by atoms with Crippen molar-refractivity contribution in [1.29, 1.82) is 0 Å². The summed E-state index contributed by atoms with van der Waals surface area (Å²) >= 11 is 0. The second kappa shape index (κ2) is 7.16. The lowest BCUT2D eigenvalue weighted by Gasteiger charge is -2.06. The van der Waals surface area contributed by atoms with E-state index in [-0.39, 0.29) is 24.0 Å². The summed E-state index contributed by atoms with van der Waals surface area (Å²) in [5.41, 5.74) is 0.141. The van der Waals surface area contributed by atoms with E-state index in [4.69, 9.17) is 0 Å². The van der Waals surface area contributed by atoms with Gasteiger partial charge in [-0.15, -0.1) is 0 Å². The highest BCUT2D eigenvalue weighted by atomic mass is 16.6. The number of carbonyl (C=O) groups excluding carboxylic acids is 4. The van der Waals surface area contributed by atoms with Crippen LogP contribution in [0.2, 0.25) is 0 Å². The van der Waals surface area contributed by atoms with Gasteiger partial charge in [0, 0.05) is 13.8 Å². The number of ether oxygens (including phenoxy) is 2. The predicted octanol–water partition coefficient (Wildman–Crippen LogP) is 1.06. The number of hydrogen-bond donors (Lipinski definition) is 0. The SMILES string of the molecule is C=C(CCC(=O)OC(C)=O)C(=C)C(=O)OC(C)=O. The molecular formula is C12H14O6. The van der Waals surface area contributed by atoms with Gasteiger partial charge in [0.1, 0.15) is 0 Å². The molecule has 0 atom stereocenters. The Kier molecular flexibility index (Phi) is 6.27. The molecule has 0 aliphatic rings. The van der Waals surface area contributed by atoms with Crippen LogP contribution in [0.4, 0.5) is 0 Å². The van der Waals surface area contributed by atoms with Crippen molar-refractivity contribution in [2.24, 2.45) is 0 Å². The summed E-state index contributed by atoms with van der Waals surface area (Å²) in [6, 6.07) is 0. The Balaban J connectivity index is 4.21. The highest BCUT2D eigenvalue weighted by molar-refractivity contribution is 5.98. The van der Waals surface area contributed by atoms with Gasteiger partial charge in [0.05, 0.1) is 12.0 Å². The molecule has 0 aliphatic carbocycles. The van der Waals surface area contributed by atoms with Crippen LogP contribution < -0.4 is 0 Å². The zero-order valence-corrected chi connectivity index (χ0v) is 10.3. The smallest absolute Gasteiger partial charge is 0.345 e. The van der Waals surface area contributed by atoms with Crippen molar-refractivity contribution >= 4 is 23.9 Å². The molecule has 0 aromatic carbocycles. The molecule has 0 aliphatic heterocycles. The van der Waals surface area contributed by atoms with E-state index in [2.05, 4.69) is 22.6 Å². The molecule has 0 saturated carbocycles. The molecule has 98 valence electrons. The topological polar surface area (TPSA) is 86.7 Å². The maximum atomic E-state index is 11.2. The van der Waals surface area contributed by atoms with Gasteiger partial charge in [-0.1, -0.05) is 13.2 Å². The fraction of sp³-hybridized carbons (Fsp3) is 0.333. The molecule has 0 N–H and O–H groups in total. The Labute approximate surface area is 104 Å². The summed E-state index contributed by atoms with van der Waals surface area (Å²) in [5, 5.41) is 0. The lowest BCUT2D eigenvalue weighted by atomic mass is 10.0. The predicted molar refractivity (Wildman–Crippen MR) is 61.1 cm³/mol. The van der Waals surface area contributed by atoms with Gasteiger partial charge >= 0.3 is 23.9 Å². The summed E-state index contributed by atoms with van der Waals surface area (Å²) in [7, 11) is 0. The molecule has 0 spiro atoms. The van der Waals surface area contributed by atoms with Gasteiger partial charge in [-0.3, -0.25) is 14.4 Å². The maximum Gasteiger partial charge on any atom is 0.345 e. The van der Waals surface area contributed by atoms with Gasteiger partial charge < -0.3 is 9.47 Å². The zero-order chi connectivity index (χ0) is 14.3. The first-order valence-electron chi connectivity index (χ1n) is 5.05. The minimum atomic E-state index is -0.910. The first-order chi connectivity index (χ1) is 8.23. The van der Waals surface area contributed by atoms with Crippen LogP contribution in [0.15, 0.2) is 24.3 Å². The van der Waals surface area contributed by atoms with Crippen LogP contribution in [0, 0.1) is 0 Å². The van der Waals surface area contributed by atoms with Gasteiger partial charge in [-0.05, 0) is 12.0 Å². The van der Waals surface area contributed by atoms with Gasteiger partial charge in [-0.2, -0.15) is 0 Å². The standard InChI is InChI=1S/C12H14O6/c1-7(5-6-11(15)17-9(3)13)8(2)12(16)18-10(4)14/h1-2,5-6H2,3-4H3. The maximum absolute atomic E-state index is 11.2. The summed E-state index contributed by atoms with van der Waals surface area (Å²) in [5.74, 6) is -3.10. The van der Waals surface area contributed by atoms with E-state index < -0.39 is 23.9 Å². The van der Waals surface area contributed by atoms with E-state index in [0.717, 1.165) is 13.8 Å². The molecule has 0 heterocycles. The van der Waals surface area contributed by atoms with E-state index in [1.54, 1.807) is 0 Å². The quantitative estimate of drug-likeness (QED) is 0.315. The Morgan fingerprint density at radius 2 is 1.39 bits per heavy atom. The first-order valence-corrected chi connectivity index (χ1v) is 5.05. The average Bonchev–Trinajstić information content (AvgIpc) is 2.22. The second-order valence-electron chi connectivity index (χ2n) is 3.43. The lowest BCUT2D eigenvalue weighted by molar-refractivity contribution is -0.159. The third-order valence-electron chi connectivity index (χ3n) is 1.80. The molecule has 18 heavy (non-hydrogen) atoms. The molecule has 0 aromatic rings. The first kappa shape index (κ1) is 15.8. The molecule has 0 aromatic heterocycles. The number of carbonyl (C=O) groups is 4. The molecule has 0 amide bonds. The van der Waals surface area contributed by atoms with Crippen LogP contribution in [-0.2, 0) is 28.7 Å². The number of rotatable bonds is 5. The van der Waals surface area contributed by atoms with Crippen molar-refractivity contribution in [2.75, 3.05) is 0 Å². The van der Waals surface area contributed by atoms with Crippen molar-refractivity contribution in [3.05, 3.63) is 24.3 Å². The van der Waals surface area contributed by atoms with Crippen LogP contribution in [0.1, 0.15) is 26.7 Å². The van der Waals surface area contributed by atoms with Crippen LogP contribution in [0.25, 0.3) is 0 Å². The lowest BCUT2D eigenvalue weighted by Crippen LogP contribution is -2.13. The third-order valence-corrected chi connectivity index (χ3v) is 1.80. The normalized spacial score (nSPS) is 9.22. The molecule has 0 fully saturated rings. The third kappa shape index (κ3) is 6.37. The van der Waals surface area contributed by atoms with Crippen molar-refractivity contribution in [1.82, 2.24) is 0 Å². The molecule has 6 heteroatoms. The number of esters is 4. The highest BCUT2D eigenvalue weighted by Crippen LogP contribution is 2.14. The van der Waals surface area contributed by atoms with Gasteiger partial charge in [-0.25, -0.2) is 4.79 Å². The highest BCUT2D eigenvalue weighted by Gasteiger charge is 2.15. The van der Waals surface area contributed by atoms with Crippen molar-refractivity contribution in [2.45, 2.75) is 26.7 Å². The summed E-state index contributed by atoms with van der Waals surface area (Å²) in [6.07, 6.45) is -0.0390. The van der Waals surface area contributed by atoms with Crippen molar-refractivity contribution in [3.63, 3.8) is 0 Å². The van der Waals surface area contributed by atoms with Crippen molar-refractivity contribution in [3.8, 4) is 0 Å². The minimum Gasteiger partial charge on any atom is -0.393 e. The van der Waals surface area contributed by atoms with E-state index in [9.17, 15) is 19.2 Å².